The Morgan fingerprint density at radius 3 is 2.43 bits per heavy atom. The van der Waals surface area contributed by atoms with Crippen molar-refractivity contribution in [3.63, 3.8) is 0 Å². The number of hydrogen-bond acceptors (Lipinski definition) is 3. The Labute approximate surface area is 140 Å². The van der Waals surface area contributed by atoms with Gasteiger partial charge in [-0.3, -0.25) is 9.78 Å². The highest BCUT2D eigenvalue weighted by atomic mass is 35.5. The minimum Gasteiger partial charge on any atom is -0.349 e. The maximum absolute atomic E-state index is 12.3. The number of amides is 1. The molecule has 0 radical (unpaired) electrons. The van der Waals surface area contributed by atoms with E-state index in [0.29, 0.717) is 12.5 Å². The summed E-state index contributed by atoms with van der Waals surface area (Å²) in [5, 5.41) is 3.08. The van der Waals surface area contributed by atoms with Crippen LogP contribution in [-0.4, -0.2) is 23.0 Å². The smallest absolute Gasteiger partial charge is 0.227 e. The van der Waals surface area contributed by atoms with E-state index in [1.54, 1.807) is 12.4 Å². The number of nitrogens with zero attached hydrogens (tertiary/aromatic N) is 1. The molecule has 0 fully saturated rings. The Hall–Kier alpha value is -0.840. The molecule has 0 saturated carbocycles. The summed E-state index contributed by atoms with van der Waals surface area (Å²) < 4.78 is 0. The Morgan fingerprint density at radius 2 is 2.00 bits per heavy atom. The quantitative estimate of drug-likeness (QED) is 0.839. The lowest BCUT2D eigenvalue weighted by Gasteiger charge is -2.32. The van der Waals surface area contributed by atoms with Crippen molar-refractivity contribution in [1.29, 1.82) is 0 Å². The number of pyridine rings is 1. The SMILES string of the molecule is CC(C)CC(C)(CN)NC(=O)C(C)c1cccnc1.Cl.Cl. The third-order valence-corrected chi connectivity index (χ3v) is 3.31. The fourth-order valence-corrected chi connectivity index (χ4v) is 2.28. The second-order valence-electron chi connectivity index (χ2n) is 5.86. The van der Waals surface area contributed by atoms with Crippen LogP contribution in [-0.2, 0) is 4.79 Å². The molecule has 1 heterocycles. The molecule has 1 aromatic rings. The second kappa shape index (κ2) is 9.98. The molecule has 0 aromatic carbocycles. The van der Waals surface area contributed by atoms with Gasteiger partial charge in [0.25, 0.3) is 0 Å². The molecule has 0 aliphatic carbocycles. The standard InChI is InChI=1S/C15H25N3O.2ClH/c1-11(2)8-15(4,10-16)18-14(19)12(3)13-6-5-7-17-9-13;;/h5-7,9,11-12H,8,10,16H2,1-4H3,(H,18,19);2*1H. The zero-order chi connectivity index (χ0) is 14.5. The van der Waals surface area contributed by atoms with E-state index in [9.17, 15) is 4.79 Å². The van der Waals surface area contributed by atoms with Gasteiger partial charge in [0.15, 0.2) is 0 Å². The van der Waals surface area contributed by atoms with Crippen LogP contribution in [0.1, 0.15) is 45.6 Å². The number of rotatable bonds is 6. The summed E-state index contributed by atoms with van der Waals surface area (Å²) in [5.41, 5.74) is 6.39. The first kappa shape index (κ1) is 22.4. The summed E-state index contributed by atoms with van der Waals surface area (Å²) in [4.78, 5) is 16.4. The first-order valence-electron chi connectivity index (χ1n) is 6.80. The molecule has 0 bridgehead atoms. The number of aromatic nitrogens is 1. The minimum atomic E-state index is -0.346. The fraction of sp³-hybridized carbons (Fsp3) is 0.600. The molecule has 1 aromatic heterocycles. The molecular weight excluding hydrogens is 309 g/mol. The molecule has 2 atom stereocenters. The van der Waals surface area contributed by atoms with E-state index >= 15 is 0 Å². The third kappa shape index (κ3) is 7.11. The molecule has 0 aliphatic rings. The van der Waals surface area contributed by atoms with Gasteiger partial charge >= 0.3 is 0 Å². The van der Waals surface area contributed by atoms with Gasteiger partial charge in [-0.05, 0) is 37.8 Å². The molecular formula is C15H27Cl2N3O. The van der Waals surface area contributed by atoms with Crippen molar-refractivity contribution in [1.82, 2.24) is 10.3 Å². The normalized spacial score (nSPS) is 14.4. The first-order valence-corrected chi connectivity index (χ1v) is 6.80. The summed E-state index contributed by atoms with van der Waals surface area (Å²) in [7, 11) is 0. The van der Waals surface area contributed by atoms with Gasteiger partial charge in [-0.15, -0.1) is 24.8 Å². The van der Waals surface area contributed by atoms with Crippen molar-refractivity contribution < 1.29 is 4.79 Å². The maximum atomic E-state index is 12.3. The van der Waals surface area contributed by atoms with Crippen LogP contribution in [0.15, 0.2) is 24.5 Å². The predicted octanol–water partition coefficient (Wildman–Crippen LogP) is 2.91. The fourth-order valence-electron chi connectivity index (χ4n) is 2.28. The largest absolute Gasteiger partial charge is 0.349 e. The molecule has 0 saturated heterocycles. The zero-order valence-corrected chi connectivity index (χ0v) is 14.8. The van der Waals surface area contributed by atoms with Gasteiger partial charge in [-0.25, -0.2) is 0 Å². The van der Waals surface area contributed by atoms with Crippen LogP contribution in [0.3, 0.4) is 0 Å². The van der Waals surface area contributed by atoms with Gasteiger partial charge in [0.1, 0.15) is 0 Å². The van der Waals surface area contributed by atoms with Crippen molar-refractivity contribution in [2.45, 2.75) is 45.6 Å². The molecule has 1 amide bonds. The lowest BCUT2D eigenvalue weighted by molar-refractivity contribution is -0.124. The molecule has 21 heavy (non-hydrogen) atoms. The van der Waals surface area contributed by atoms with Crippen molar-refractivity contribution in [2.24, 2.45) is 11.7 Å². The van der Waals surface area contributed by atoms with E-state index in [2.05, 4.69) is 24.1 Å². The van der Waals surface area contributed by atoms with Gasteiger partial charge < -0.3 is 11.1 Å². The van der Waals surface area contributed by atoms with E-state index in [1.165, 1.54) is 0 Å². The van der Waals surface area contributed by atoms with Crippen LogP contribution in [0.2, 0.25) is 0 Å². The van der Waals surface area contributed by atoms with E-state index < -0.39 is 0 Å². The highest BCUT2D eigenvalue weighted by Crippen LogP contribution is 2.19. The van der Waals surface area contributed by atoms with Crippen molar-refractivity contribution in [3.8, 4) is 0 Å². The Balaban J connectivity index is 0. The van der Waals surface area contributed by atoms with Gasteiger partial charge in [-0.2, -0.15) is 0 Å². The Kier molecular flexibility index (Phi) is 10.7. The zero-order valence-electron chi connectivity index (χ0n) is 13.1. The first-order chi connectivity index (χ1) is 8.88. The third-order valence-electron chi connectivity index (χ3n) is 3.31. The van der Waals surface area contributed by atoms with E-state index in [-0.39, 0.29) is 42.2 Å². The monoisotopic (exact) mass is 335 g/mol. The highest BCUT2D eigenvalue weighted by molar-refractivity contribution is 5.85. The average Bonchev–Trinajstić information content (AvgIpc) is 2.37. The lowest BCUT2D eigenvalue weighted by Crippen LogP contribution is -2.53. The number of halogens is 2. The molecule has 0 aliphatic heterocycles. The molecule has 4 nitrogen and oxygen atoms in total. The number of carbonyl (C=O) groups excluding carboxylic acids is 1. The van der Waals surface area contributed by atoms with Gasteiger partial charge in [0.05, 0.1) is 5.92 Å². The van der Waals surface area contributed by atoms with E-state index in [0.717, 1.165) is 12.0 Å². The van der Waals surface area contributed by atoms with Crippen LogP contribution in [0, 0.1) is 5.92 Å². The molecule has 1 rings (SSSR count). The van der Waals surface area contributed by atoms with Crippen molar-refractivity contribution >= 4 is 30.7 Å². The van der Waals surface area contributed by atoms with Gasteiger partial charge in [-0.1, -0.05) is 19.9 Å². The summed E-state index contributed by atoms with van der Waals surface area (Å²) in [5.74, 6) is 0.274. The molecule has 122 valence electrons. The van der Waals surface area contributed by atoms with Crippen molar-refractivity contribution in [3.05, 3.63) is 30.1 Å². The molecule has 6 heteroatoms. The summed E-state index contributed by atoms with van der Waals surface area (Å²) in [6.07, 6.45) is 4.30. The van der Waals surface area contributed by atoms with Crippen LogP contribution < -0.4 is 11.1 Å². The lowest BCUT2D eigenvalue weighted by atomic mass is 9.89. The Morgan fingerprint density at radius 1 is 1.38 bits per heavy atom. The minimum absolute atomic E-state index is 0. The molecule has 0 spiro atoms. The number of nitrogens with one attached hydrogen (secondary N) is 1. The number of hydrogen-bond donors (Lipinski definition) is 2. The maximum Gasteiger partial charge on any atom is 0.227 e. The second-order valence-corrected chi connectivity index (χ2v) is 5.86. The number of nitrogens with two attached hydrogens (primary N) is 1. The highest BCUT2D eigenvalue weighted by Gasteiger charge is 2.28. The van der Waals surface area contributed by atoms with E-state index in [4.69, 9.17) is 5.73 Å². The Bertz CT molecular complexity index is 415. The van der Waals surface area contributed by atoms with Gasteiger partial charge in [0, 0.05) is 24.5 Å². The summed E-state index contributed by atoms with van der Waals surface area (Å²) in [6, 6.07) is 3.76. The average molecular weight is 336 g/mol. The topological polar surface area (TPSA) is 68.0 Å². The number of carbonyl (C=O) groups is 1. The van der Waals surface area contributed by atoms with Crippen LogP contribution >= 0.6 is 24.8 Å². The molecule has 3 N–H and O–H groups in total. The van der Waals surface area contributed by atoms with Crippen LogP contribution in [0.5, 0.6) is 0 Å². The molecule has 2 unspecified atom stereocenters. The van der Waals surface area contributed by atoms with Crippen LogP contribution in [0.25, 0.3) is 0 Å². The van der Waals surface area contributed by atoms with Gasteiger partial charge in [0.2, 0.25) is 5.91 Å². The van der Waals surface area contributed by atoms with Crippen molar-refractivity contribution in [2.75, 3.05) is 6.54 Å². The predicted molar refractivity (Wildman–Crippen MR) is 92.2 cm³/mol. The summed E-state index contributed by atoms with van der Waals surface area (Å²) in [6.45, 7) is 8.59. The summed E-state index contributed by atoms with van der Waals surface area (Å²) >= 11 is 0. The van der Waals surface area contributed by atoms with Crippen LogP contribution in [0.4, 0.5) is 0 Å². The van der Waals surface area contributed by atoms with E-state index in [1.807, 2.05) is 26.0 Å².